The maximum absolute atomic E-state index is 3.84. The van der Waals surface area contributed by atoms with E-state index in [0.29, 0.717) is 5.92 Å². The van der Waals surface area contributed by atoms with Crippen LogP contribution in [0.3, 0.4) is 0 Å². The molecule has 1 unspecified atom stereocenters. The van der Waals surface area contributed by atoms with Crippen LogP contribution in [0, 0.1) is 20.8 Å². The highest BCUT2D eigenvalue weighted by Gasteiger charge is 2.17. The average Bonchev–Trinajstić information content (AvgIpc) is 3.76. The number of thiophene rings is 2. The lowest BCUT2D eigenvalue weighted by Gasteiger charge is -2.13. The molecule has 0 aliphatic carbocycles. The second-order valence-corrected chi connectivity index (χ2v) is 15.2. The van der Waals surface area contributed by atoms with Crippen LogP contribution in [0.4, 0.5) is 0 Å². The van der Waals surface area contributed by atoms with Crippen LogP contribution >= 0.6 is 22.7 Å². The minimum absolute atomic E-state index is 0.314. The second-order valence-electron chi connectivity index (χ2n) is 13.0. The smallest absolute Gasteiger partial charge is 0.0537 e. The SMILES string of the molecule is C=C/C=C\c1sc2ccc(-c3ccc4c(c3)c(C)c(/C=C\C(CC)c3ccc5sc6ccccc6c5c3)n4-c3ccc(C)cc3)cc2c1C. The summed E-state index contributed by atoms with van der Waals surface area (Å²) in [6.45, 7) is 12.8. The lowest BCUT2D eigenvalue weighted by Crippen LogP contribution is -1.98. The first-order chi connectivity index (χ1) is 23.9. The molecule has 0 amide bonds. The van der Waals surface area contributed by atoms with E-state index in [0.717, 1.165) is 6.42 Å². The number of aryl methyl sites for hydroxylation is 3. The van der Waals surface area contributed by atoms with Crippen LogP contribution in [-0.4, -0.2) is 4.57 Å². The van der Waals surface area contributed by atoms with Crippen LogP contribution in [0.15, 0.2) is 128 Å². The minimum Gasteiger partial charge on any atom is -0.310 e. The molecule has 0 spiro atoms. The molecular formula is C46H39NS2. The van der Waals surface area contributed by atoms with E-state index in [-0.39, 0.29) is 0 Å². The van der Waals surface area contributed by atoms with Crippen molar-refractivity contribution in [3.05, 3.63) is 161 Å². The van der Waals surface area contributed by atoms with Crippen LogP contribution < -0.4 is 0 Å². The Morgan fingerprint density at radius 2 is 1.39 bits per heavy atom. The van der Waals surface area contributed by atoms with Gasteiger partial charge in [0.25, 0.3) is 0 Å². The molecule has 3 heteroatoms. The van der Waals surface area contributed by atoms with Crippen molar-refractivity contribution in [1.29, 1.82) is 0 Å². The monoisotopic (exact) mass is 669 g/mol. The van der Waals surface area contributed by atoms with Gasteiger partial charge in [0.1, 0.15) is 0 Å². The van der Waals surface area contributed by atoms with E-state index in [1.165, 1.54) is 90.8 Å². The first kappa shape index (κ1) is 31.3. The molecule has 3 heterocycles. The molecule has 0 radical (unpaired) electrons. The van der Waals surface area contributed by atoms with Crippen molar-refractivity contribution < 1.29 is 0 Å². The highest BCUT2D eigenvalue weighted by Crippen LogP contribution is 2.39. The van der Waals surface area contributed by atoms with Crippen LogP contribution in [0.2, 0.25) is 0 Å². The van der Waals surface area contributed by atoms with E-state index in [1.54, 1.807) is 0 Å². The number of allylic oxidation sites excluding steroid dienone is 3. The third-order valence-electron chi connectivity index (χ3n) is 10.0. The molecule has 0 N–H and O–H groups in total. The summed E-state index contributed by atoms with van der Waals surface area (Å²) >= 11 is 3.72. The molecule has 0 aliphatic heterocycles. The highest BCUT2D eigenvalue weighted by molar-refractivity contribution is 7.25. The zero-order valence-corrected chi connectivity index (χ0v) is 30.1. The van der Waals surface area contributed by atoms with E-state index in [2.05, 4.69) is 160 Å². The van der Waals surface area contributed by atoms with E-state index in [9.17, 15) is 0 Å². The van der Waals surface area contributed by atoms with Gasteiger partial charge in [0.05, 0.1) is 5.52 Å². The molecule has 0 saturated heterocycles. The number of hydrogen-bond donors (Lipinski definition) is 0. The van der Waals surface area contributed by atoms with Crippen molar-refractivity contribution in [3.8, 4) is 16.8 Å². The van der Waals surface area contributed by atoms with E-state index < -0.39 is 0 Å². The molecule has 8 aromatic rings. The van der Waals surface area contributed by atoms with Crippen LogP contribution in [0.25, 0.3) is 70.1 Å². The van der Waals surface area contributed by atoms with E-state index in [4.69, 9.17) is 0 Å². The van der Waals surface area contributed by atoms with Gasteiger partial charge in [-0.15, -0.1) is 22.7 Å². The normalized spacial score (nSPS) is 12.8. The van der Waals surface area contributed by atoms with Gasteiger partial charge in [-0.25, -0.2) is 0 Å². The van der Waals surface area contributed by atoms with Gasteiger partial charge >= 0.3 is 0 Å². The van der Waals surface area contributed by atoms with Gasteiger partial charge in [-0.3, -0.25) is 0 Å². The quantitative estimate of drug-likeness (QED) is 0.142. The summed E-state index contributed by atoms with van der Waals surface area (Å²) in [5.74, 6) is 0.314. The summed E-state index contributed by atoms with van der Waals surface area (Å²) < 4.78 is 6.47. The molecule has 49 heavy (non-hydrogen) atoms. The number of aromatic nitrogens is 1. The summed E-state index contributed by atoms with van der Waals surface area (Å²) in [6.07, 6.45) is 11.9. The number of rotatable bonds is 8. The minimum atomic E-state index is 0.314. The molecule has 240 valence electrons. The fourth-order valence-corrected chi connectivity index (χ4v) is 9.41. The Balaban J connectivity index is 1.23. The maximum atomic E-state index is 3.84. The van der Waals surface area contributed by atoms with Gasteiger partial charge in [0.15, 0.2) is 0 Å². The molecule has 1 atom stereocenters. The third kappa shape index (κ3) is 5.57. The molecule has 3 aromatic heterocycles. The lowest BCUT2D eigenvalue weighted by molar-refractivity contribution is 0.809. The third-order valence-corrected chi connectivity index (χ3v) is 12.4. The Bertz CT molecular complexity index is 2580. The summed E-state index contributed by atoms with van der Waals surface area (Å²) in [4.78, 5) is 1.29. The Morgan fingerprint density at radius 3 is 2.18 bits per heavy atom. The van der Waals surface area contributed by atoms with Gasteiger partial charge in [0.2, 0.25) is 0 Å². The van der Waals surface area contributed by atoms with Crippen LogP contribution in [0.5, 0.6) is 0 Å². The number of benzene rings is 5. The first-order valence-corrected chi connectivity index (χ1v) is 18.7. The first-order valence-electron chi connectivity index (χ1n) is 17.1. The van der Waals surface area contributed by atoms with Crippen molar-refractivity contribution in [2.75, 3.05) is 0 Å². The number of hydrogen-bond acceptors (Lipinski definition) is 2. The van der Waals surface area contributed by atoms with Crippen molar-refractivity contribution in [3.63, 3.8) is 0 Å². The van der Waals surface area contributed by atoms with Gasteiger partial charge in [-0.2, -0.15) is 0 Å². The van der Waals surface area contributed by atoms with E-state index in [1.807, 2.05) is 34.8 Å². The molecule has 8 rings (SSSR count). The molecule has 0 saturated carbocycles. The summed E-state index contributed by atoms with van der Waals surface area (Å²) in [6, 6.07) is 38.7. The topological polar surface area (TPSA) is 4.93 Å². The zero-order chi connectivity index (χ0) is 33.6. The highest BCUT2D eigenvalue weighted by atomic mass is 32.1. The second kappa shape index (κ2) is 12.8. The van der Waals surface area contributed by atoms with Crippen molar-refractivity contribution in [2.45, 2.75) is 40.0 Å². The number of nitrogens with zero attached hydrogens (tertiary/aromatic N) is 1. The van der Waals surface area contributed by atoms with Crippen LogP contribution in [-0.2, 0) is 0 Å². The fourth-order valence-electron chi connectivity index (χ4n) is 7.22. The van der Waals surface area contributed by atoms with Gasteiger partial charge in [0, 0.05) is 52.4 Å². The summed E-state index contributed by atoms with van der Waals surface area (Å²) in [5.41, 5.74) is 11.4. The Labute approximate surface area is 296 Å². The van der Waals surface area contributed by atoms with Crippen molar-refractivity contribution >= 4 is 76.0 Å². The van der Waals surface area contributed by atoms with Gasteiger partial charge < -0.3 is 4.57 Å². The van der Waals surface area contributed by atoms with Crippen LogP contribution in [0.1, 0.15) is 52.1 Å². The predicted molar refractivity (Wildman–Crippen MR) is 219 cm³/mol. The average molecular weight is 670 g/mol. The summed E-state index contributed by atoms with van der Waals surface area (Å²) in [7, 11) is 0. The molecule has 0 aliphatic rings. The van der Waals surface area contributed by atoms with E-state index >= 15 is 0 Å². The van der Waals surface area contributed by atoms with Crippen molar-refractivity contribution in [1.82, 2.24) is 4.57 Å². The largest absolute Gasteiger partial charge is 0.310 e. The maximum Gasteiger partial charge on any atom is 0.0537 e. The summed E-state index contributed by atoms with van der Waals surface area (Å²) in [5, 5.41) is 5.33. The fraction of sp³-hybridized carbons (Fsp3) is 0.130. The molecular weight excluding hydrogens is 631 g/mol. The Hall–Kier alpha value is -4.96. The van der Waals surface area contributed by atoms with Gasteiger partial charge in [-0.05, 0) is 127 Å². The van der Waals surface area contributed by atoms with Gasteiger partial charge in [-0.1, -0.05) is 85.8 Å². The molecule has 0 bridgehead atoms. The molecule has 0 fully saturated rings. The Morgan fingerprint density at radius 1 is 0.673 bits per heavy atom. The standard InChI is InChI=1S/C46H39NS2/c1-6-8-12-43-31(5)39-27-35(19-24-45(39)48-43)34-17-23-42-38(26-34)30(4)41(47(42)36-20-14-29(3)15-21-36)22-16-32(7-2)33-18-25-46-40(28-33)37-11-9-10-13-44(37)49-46/h6,8-28,32H,1,7H2,2-5H3/b12-8-,22-16-. The lowest BCUT2D eigenvalue weighted by atomic mass is 9.94. The molecule has 5 aromatic carbocycles. The zero-order valence-electron chi connectivity index (χ0n) is 28.5. The Kier molecular flexibility index (Phi) is 8.19. The molecule has 1 nitrogen and oxygen atoms in total. The number of fused-ring (bicyclic) bond motifs is 5. The van der Waals surface area contributed by atoms with Crippen molar-refractivity contribution in [2.24, 2.45) is 0 Å². The predicted octanol–water partition coefficient (Wildman–Crippen LogP) is 14.2.